The van der Waals surface area contributed by atoms with E-state index in [-0.39, 0.29) is 5.69 Å². The Morgan fingerprint density at radius 1 is 1.12 bits per heavy atom. The van der Waals surface area contributed by atoms with Gasteiger partial charge >= 0.3 is 5.97 Å². The molecule has 0 fully saturated rings. The molecule has 0 unspecified atom stereocenters. The van der Waals surface area contributed by atoms with Gasteiger partial charge in [0.25, 0.3) is 0 Å². The second kappa shape index (κ2) is 5.65. The summed E-state index contributed by atoms with van der Waals surface area (Å²) in [6.45, 7) is 0. The number of nitrogens with zero attached hydrogens (tertiary/aromatic N) is 1. The average Bonchev–Trinajstić information content (AvgIpc) is 2.95. The van der Waals surface area contributed by atoms with E-state index in [2.05, 4.69) is 16.0 Å². The van der Waals surface area contributed by atoms with E-state index in [1.807, 2.05) is 36.4 Å². The number of aromatic carboxylic acids is 1. The van der Waals surface area contributed by atoms with Crippen molar-refractivity contribution in [2.75, 3.05) is 0 Å². The molecule has 2 aromatic heterocycles. The molecule has 0 bridgehead atoms. The molecule has 0 aliphatic heterocycles. The normalized spacial score (nSPS) is 11.2. The third kappa shape index (κ3) is 2.51. The number of aromatic nitrogens is 2. The van der Waals surface area contributed by atoms with E-state index >= 15 is 0 Å². The van der Waals surface area contributed by atoms with Crippen LogP contribution in [0.25, 0.3) is 21.8 Å². The zero-order chi connectivity index (χ0) is 16.7. The lowest BCUT2D eigenvalue weighted by Crippen LogP contribution is -1.98. The van der Waals surface area contributed by atoms with Crippen LogP contribution in [0, 0.1) is 0 Å². The Labute approximate surface area is 142 Å². The first kappa shape index (κ1) is 14.7. The Morgan fingerprint density at radius 3 is 2.67 bits per heavy atom. The molecule has 4 aromatic rings. The summed E-state index contributed by atoms with van der Waals surface area (Å²) in [6.07, 6.45) is 2.32. The largest absolute Gasteiger partial charge is 0.477 e. The van der Waals surface area contributed by atoms with Gasteiger partial charge in [-0.2, -0.15) is 0 Å². The van der Waals surface area contributed by atoms with Gasteiger partial charge in [-0.1, -0.05) is 35.9 Å². The van der Waals surface area contributed by atoms with Crippen molar-refractivity contribution in [2.24, 2.45) is 0 Å². The maximum Gasteiger partial charge on any atom is 0.354 e. The molecule has 4 nitrogen and oxygen atoms in total. The zero-order valence-corrected chi connectivity index (χ0v) is 13.3. The number of hydrogen-bond donors (Lipinski definition) is 2. The third-order valence-corrected chi connectivity index (χ3v) is 4.37. The number of benzene rings is 2. The van der Waals surface area contributed by atoms with Crippen LogP contribution in [-0.2, 0) is 6.42 Å². The maximum atomic E-state index is 11.2. The van der Waals surface area contributed by atoms with Crippen molar-refractivity contribution in [3.63, 3.8) is 0 Å². The summed E-state index contributed by atoms with van der Waals surface area (Å²) in [6, 6.07) is 15.4. The van der Waals surface area contributed by atoms with E-state index in [9.17, 15) is 9.90 Å². The summed E-state index contributed by atoms with van der Waals surface area (Å²) in [4.78, 5) is 18.5. The van der Waals surface area contributed by atoms with E-state index in [4.69, 9.17) is 11.6 Å². The van der Waals surface area contributed by atoms with Crippen LogP contribution in [0.5, 0.6) is 0 Å². The van der Waals surface area contributed by atoms with Gasteiger partial charge in [-0.3, -0.25) is 0 Å². The number of carboxylic acid groups (broad SMARTS) is 1. The van der Waals surface area contributed by atoms with E-state index in [1.165, 1.54) is 0 Å². The van der Waals surface area contributed by atoms with E-state index in [1.54, 1.807) is 12.3 Å². The van der Waals surface area contributed by atoms with Crippen LogP contribution in [0.1, 0.15) is 21.6 Å². The molecule has 0 aliphatic carbocycles. The fourth-order valence-electron chi connectivity index (χ4n) is 3.02. The summed E-state index contributed by atoms with van der Waals surface area (Å²) in [5.41, 5.74) is 4.13. The van der Waals surface area contributed by atoms with Gasteiger partial charge in [0.05, 0.1) is 11.7 Å². The number of carbonyl (C=O) groups is 1. The first-order valence-corrected chi connectivity index (χ1v) is 7.86. The van der Waals surface area contributed by atoms with Gasteiger partial charge in [-0.05, 0) is 41.8 Å². The van der Waals surface area contributed by atoms with Gasteiger partial charge in [0.1, 0.15) is 5.69 Å². The molecule has 2 N–H and O–H groups in total. The SMILES string of the molecule is O=C(O)c1cc2c(cn1)[nH]c1cccc(Cc3ccc(Cl)cc3)c12. The fourth-order valence-corrected chi connectivity index (χ4v) is 3.14. The molecule has 118 valence electrons. The number of aromatic amines is 1. The highest BCUT2D eigenvalue weighted by molar-refractivity contribution is 6.30. The Kier molecular flexibility index (Phi) is 3.47. The van der Waals surface area contributed by atoms with Crippen molar-refractivity contribution >= 4 is 39.4 Å². The van der Waals surface area contributed by atoms with Crippen LogP contribution in [0.2, 0.25) is 5.02 Å². The summed E-state index contributed by atoms with van der Waals surface area (Å²) >= 11 is 5.95. The summed E-state index contributed by atoms with van der Waals surface area (Å²) < 4.78 is 0. The summed E-state index contributed by atoms with van der Waals surface area (Å²) in [5.74, 6) is -1.03. The number of rotatable bonds is 3. The molecule has 5 heteroatoms. The fraction of sp³-hybridized carbons (Fsp3) is 0.0526. The number of pyridine rings is 1. The Bertz CT molecular complexity index is 1070. The number of fused-ring (bicyclic) bond motifs is 3. The van der Waals surface area contributed by atoms with Gasteiger partial charge in [0.15, 0.2) is 0 Å². The smallest absolute Gasteiger partial charge is 0.354 e. The zero-order valence-electron chi connectivity index (χ0n) is 12.6. The van der Waals surface area contributed by atoms with Crippen molar-refractivity contribution < 1.29 is 9.90 Å². The van der Waals surface area contributed by atoms with Crippen molar-refractivity contribution in [1.82, 2.24) is 9.97 Å². The first-order valence-electron chi connectivity index (χ1n) is 7.49. The quantitative estimate of drug-likeness (QED) is 0.572. The second-order valence-corrected chi connectivity index (χ2v) is 6.12. The highest BCUT2D eigenvalue weighted by atomic mass is 35.5. The minimum Gasteiger partial charge on any atom is -0.477 e. The van der Waals surface area contributed by atoms with Gasteiger partial charge < -0.3 is 10.1 Å². The highest BCUT2D eigenvalue weighted by Crippen LogP contribution is 2.30. The van der Waals surface area contributed by atoms with Crippen LogP contribution < -0.4 is 0 Å². The highest BCUT2D eigenvalue weighted by Gasteiger charge is 2.13. The van der Waals surface area contributed by atoms with Crippen LogP contribution >= 0.6 is 11.6 Å². The molecule has 2 aromatic carbocycles. The molecule has 0 saturated heterocycles. The predicted octanol–water partition coefficient (Wildman–Crippen LogP) is 4.66. The molecule has 2 heterocycles. The lowest BCUT2D eigenvalue weighted by Gasteiger charge is -2.05. The minimum atomic E-state index is -1.03. The summed E-state index contributed by atoms with van der Waals surface area (Å²) in [5, 5.41) is 11.8. The Morgan fingerprint density at radius 2 is 1.92 bits per heavy atom. The molecular formula is C19H13ClN2O2. The number of hydrogen-bond acceptors (Lipinski definition) is 2. The third-order valence-electron chi connectivity index (χ3n) is 4.12. The molecule has 0 atom stereocenters. The Hall–Kier alpha value is -2.85. The van der Waals surface area contributed by atoms with Crippen LogP contribution in [0.3, 0.4) is 0 Å². The average molecular weight is 337 g/mol. The molecule has 0 aliphatic rings. The van der Waals surface area contributed by atoms with E-state index in [0.717, 1.165) is 39.4 Å². The van der Waals surface area contributed by atoms with Gasteiger partial charge in [-0.15, -0.1) is 0 Å². The number of carboxylic acids is 1. The second-order valence-electron chi connectivity index (χ2n) is 5.69. The number of nitrogens with one attached hydrogen (secondary N) is 1. The van der Waals surface area contributed by atoms with Crippen LogP contribution in [0.15, 0.2) is 54.7 Å². The number of halogens is 1. The Balaban J connectivity index is 1.91. The van der Waals surface area contributed by atoms with E-state index < -0.39 is 5.97 Å². The van der Waals surface area contributed by atoms with Gasteiger partial charge in [0, 0.05) is 21.3 Å². The minimum absolute atomic E-state index is 0.0460. The molecule has 4 rings (SSSR count). The first-order chi connectivity index (χ1) is 11.6. The lowest BCUT2D eigenvalue weighted by molar-refractivity contribution is 0.0690. The number of H-pyrrole nitrogens is 1. The van der Waals surface area contributed by atoms with Crippen LogP contribution in [0.4, 0.5) is 0 Å². The van der Waals surface area contributed by atoms with Crippen molar-refractivity contribution in [3.8, 4) is 0 Å². The van der Waals surface area contributed by atoms with Crippen LogP contribution in [-0.4, -0.2) is 21.0 Å². The standard InChI is InChI=1S/C19H13ClN2O2/c20-13-6-4-11(5-7-13)8-12-2-1-3-15-18(12)14-9-16(19(23)24)21-10-17(14)22-15/h1-7,9-10,22H,8H2,(H,23,24). The molecular weight excluding hydrogens is 324 g/mol. The van der Waals surface area contributed by atoms with Gasteiger partial charge in [-0.25, -0.2) is 9.78 Å². The molecule has 0 spiro atoms. The van der Waals surface area contributed by atoms with Gasteiger partial charge in [0.2, 0.25) is 0 Å². The van der Waals surface area contributed by atoms with Crippen molar-refractivity contribution in [3.05, 3.63) is 76.6 Å². The molecule has 0 amide bonds. The summed E-state index contributed by atoms with van der Waals surface area (Å²) in [7, 11) is 0. The van der Waals surface area contributed by atoms with E-state index in [0.29, 0.717) is 5.02 Å². The monoisotopic (exact) mass is 336 g/mol. The molecule has 0 saturated carbocycles. The van der Waals surface area contributed by atoms with Crippen molar-refractivity contribution in [1.29, 1.82) is 0 Å². The lowest BCUT2D eigenvalue weighted by atomic mass is 9.99. The topological polar surface area (TPSA) is 66.0 Å². The molecule has 0 radical (unpaired) electrons. The molecule has 24 heavy (non-hydrogen) atoms. The predicted molar refractivity (Wildman–Crippen MR) is 94.8 cm³/mol. The van der Waals surface area contributed by atoms with Crippen molar-refractivity contribution in [2.45, 2.75) is 6.42 Å². The maximum absolute atomic E-state index is 11.2.